The van der Waals surface area contributed by atoms with E-state index in [1.165, 1.54) is 13.0 Å². The fraction of sp³-hybridized carbons (Fsp3) is 0.845. The minimum atomic E-state index is -1.93. The third kappa shape index (κ3) is 10.7. The van der Waals surface area contributed by atoms with E-state index in [1.54, 1.807) is 12.2 Å². The highest BCUT2D eigenvalue weighted by Crippen LogP contribution is 2.76. The van der Waals surface area contributed by atoms with Gasteiger partial charge in [0.15, 0.2) is 25.0 Å². The summed E-state index contributed by atoms with van der Waals surface area (Å²) in [7, 11) is 0. The highest BCUT2D eigenvalue weighted by atomic mass is 16.8. The fourth-order valence-electron chi connectivity index (χ4n) is 16.2. The predicted molar refractivity (Wildman–Crippen MR) is 280 cm³/mol. The molecule has 454 valence electrons. The quantitative estimate of drug-likeness (QED) is 0.0343. The topological polar surface area (TPSA) is 348 Å². The van der Waals surface area contributed by atoms with Gasteiger partial charge >= 0.3 is 17.9 Å². The standard InChI is InChI=1S/C58H90O22/c1-10-28(2)13-11-12-14-38(64)78-47-48(74-29(3)62)58(52(71)72)22-21-56(8)30(31(58)23-53(47,4)5)15-16-36-54(6)19-18-37(55(7,27-61)35(54)17-20-57(36,56)9)77-51-46(80-50-43(69)41(67)40(66)33(24-59)75-50)44(70)45(34(25-60)76-51)79-49-42(68)39(65)32(63)26-73-49/h11-15,28,31-37,39-51,59-61,63,65-70H,10,16-27H2,1-9H3,(H,71,72)/b13-11+,14-12+/t28-,31+,32+,33-,34-,35-,36-,37+,39+,40-,41+,42-,43-,44+,45-,46-,47+,48+,49+,50+,51+,54+,55-,56-,57-,58+/m1/s1. The van der Waals surface area contributed by atoms with Gasteiger partial charge < -0.3 is 94.1 Å². The molecule has 26 atom stereocenters. The summed E-state index contributed by atoms with van der Waals surface area (Å²) in [6.45, 7) is 15.5. The van der Waals surface area contributed by atoms with Crippen molar-refractivity contribution in [1.82, 2.24) is 0 Å². The van der Waals surface area contributed by atoms with Gasteiger partial charge in [-0.25, -0.2) is 4.79 Å². The average Bonchev–Trinajstić information content (AvgIpc) is 3.41. The Morgan fingerprint density at radius 2 is 1.39 bits per heavy atom. The van der Waals surface area contributed by atoms with Crippen molar-refractivity contribution in [1.29, 1.82) is 0 Å². The Morgan fingerprint density at radius 3 is 2.02 bits per heavy atom. The number of carbonyl (C=O) groups is 3. The normalized spacial score (nSPS) is 48.7. The highest BCUT2D eigenvalue weighted by Gasteiger charge is 2.74. The van der Waals surface area contributed by atoms with Crippen LogP contribution in [0.4, 0.5) is 0 Å². The Bertz CT molecular complexity index is 2310. The zero-order valence-electron chi connectivity index (χ0n) is 47.6. The van der Waals surface area contributed by atoms with Crippen molar-refractivity contribution in [3.8, 4) is 0 Å². The summed E-state index contributed by atoms with van der Waals surface area (Å²) in [6, 6.07) is 0. The summed E-state index contributed by atoms with van der Waals surface area (Å²) < 4.78 is 48.8. The largest absolute Gasteiger partial charge is 0.481 e. The van der Waals surface area contributed by atoms with E-state index in [1.807, 2.05) is 26.8 Å². The number of carboxylic acids is 1. The summed E-state index contributed by atoms with van der Waals surface area (Å²) in [5.41, 5.74) is -3.89. The Balaban J connectivity index is 1.08. The SMILES string of the molecule is CC[C@@H](C)/C=C/C=C/C(=O)O[C@H]1[C@H](OC(C)=O)[C@]2(C(=O)O)CC[C@]3(C)C(=CC[C@@H]4[C@@]5(C)CC[C@H](O[C@@H]6O[C@H](CO)[C@@H](O[C@@H]7OC[C@H](O)[C@H](O)[C@H]7O)[C@H](O)[C@H]6O[C@@H]6O[C@H](CO)[C@@H](O)[C@H](O)[C@H]6O)[C@](C)(CO)[C@@H]5CC[C@]43C)[C@@H]2CC1(C)C. The van der Waals surface area contributed by atoms with E-state index < -0.39 is 180 Å². The molecule has 0 unspecified atom stereocenters. The molecule has 3 heterocycles. The van der Waals surface area contributed by atoms with Gasteiger partial charge in [0.25, 0.3) is 0 Å². The second-order valence-electron chi connectivity index (χ2n) is 26.1. The molecule has 0 amide bonds. The van der Waals surface area contributed by atoms with Gasteiger partial charge in [0.1, 0.15) is 78.7 Å². The lowest BCUT2D eigenvalue weighted by Crippen LogP contribution is -2.70. The van der Waals surface area contributed by atoms with Crippen LogP contribution in [0.1, 0.15) is 120 Å². The number of hydrogen-bond donors (Lipinski definition) is 11. The lowest BCUT2D eigenvalue weighted by Gasteiger charge is -2.71. The van der Waals surface area contributed by atoms with Crippen molar-refractivity contribution in [2.75, 3.05) is 26.4 Å². The molecule has 7 fully saturated rings. The van der Waals surface area contributed by atoms with Gasteiger partial charge in [-0.2, -0.15) is 0 Å². The van der Waals surface area contributed by atoms with Gasteiger partial charge in [-0.1, -0.05) is 91.7 Å². The number of hydrogen-bond acceptors (Lipinski definition) is 21. The maximum Gasteiger partial charge on any atom is 0.331 e. The smallest absolute Gasteiger partial charge is 0.331 e. The molecule has 11 N–H and O–H groups in total. The van der Waals surface area contributed by atoms with Crippen LogP contribution in [-0.4, -0.2) is 205 Å². The van der Waals surface area contributed by atoms with E-state index in [2.05, 4.69) is 40.7 Å². The van der Waals surface area contributed by atoms with Gasteiger partial charge in [-0.3, -0.25) is 9.59 Å². The van der Waals surface area contributed by atoms with E-state index in [4.69, 9.17) is 37.9 Å². The Labute approximate surface area is 468 Å². The van der Waals surface area contributed by atoms with Gasteiger partial charge in [0.05, 0.1) is 32.5 Å². The van der Waals surface area contributed by atoms with E-state index >= 15 is 0 Å². The number of allylic oxidation sites excluding steroid dienone is 5. The van der Waals surface area contributed by atoms with Crippen LogP contribution in [0, 0.1) is 56.2 Å². The highest BCUT2D eigenvalue weighted by molar-refractivity contribution is 5.83. The molecule has 4 saturated carbocycles. The molecule has 0 bridgehead atoms. The zero-order chi connectivity index (χ0) is 58.8. The second kappa shape index (κ2) is 23.8. The van der Waals surface area contributed by atoms with E-state index in [0.717, 1.165) is 12.0 Å². The molecule has 0 aromatic carbocycles. The van der Waals surface area contributed by atoms with Gasteiger partial charge in [0.2, 0.25) is 0 Å². The maximum absolute atomic E-state index is 14.1. The molecule has 0 aromatic rings. The number of ether oxygens (including phenoxy) is 8. The molecular formula is C58H90O22. The van der Waals surface area contributed by atoms with Crippen LogP contribution < -0.4 is 0 Å². The van der Waals surface area contributed by atoms with Crippen LogP contribution in [0.15, 0.2) is 36.0 Å². The Kier molecular flexibility index (Phi) is 18.8. The third-order valence-corrected chi connectivity index (χ3v) is 21.3. The first-order chi connectivity index (χ1) is 37.5. The molecule has 80 heavy (non-hydrogen) atoms. The molecule has 3 aliphatic heterocycles. The molecule has 8 aliphatic rings. The lowest BCUT2D eigenvalue weighted by atomic mass is 9.33. The fourth-order valence-corrected chi connectivity index (χ4v) is 16.2. The molecule has 22 heteroatoms. The average molecular weight is 1140 g/mol. The Hall–Kier alpha value is -3.01. The van der Waals surface area contributed by atoms with Crippen LogP contribution in [0.5, 0.6) is 0 Å². The summed E-state index contributed by atoms with van der Waals surface area (Å²) >= 11 is 0. The minimum absolute atomic E-state index is 0.00561. The lowest BCUT2D eigenvalue weighted by molar-refractivity contribution is -0.393. The van der Waals surface area contributed by atoms with E-state index in [0.29, 0.717) is 50.9 Å². The predicted octanol–water partition coefficient (Wildman–Crippen LogP) is 1.54. The molecule has 3 saturated heterocycles. The number of carboxylic acid groups (broad SMARTS) is 1. The summed E-state index contributed by atoms with van der Waals surface area (Å²) in [5.74, 6) is -2.96. The molecule has 0 spiro atoms. The van der Waals surface area contributed by atoms with Crippen LogP contribution in [-0.2, 0) is 52.3 Å². The monoisotopic (exact) mass is 1140 g/mol. The van der Waals surface area contributed by atoms with Crippen LogP contribution in [0.25, 0.3) is 0 Å². The van der Waals surface area contributed by atoms with Gasteiger partial charge in [-0.05, 0) is 85.4 Å². The number of aliphatic hydroxyl groups is 10. The van der Waals surface area contributed by atoms with Crippen molar-refractivity contribution < 1.29 is 108 Å². The zero-order valence-corrected chi connectivity index (χ0v) is 47.6. The molecule has 8 rings (SSSR count). The second-order valence-corrected chi connectivity index (χ2v) is 26.1. The summed E-state index contributed by atoms with van der Waals surface area (Å²) in [5, 5.41) is 120. The molecule has 22 nitrogen and oxygen atoms in total. The van der Waals surface area contributed by atoms with Crippen molar-refractivity contribution >= 4 is 17.9 Å². The van der Waals surface area contributed by atoms with Gasteiger partial charge in [-0.15, -0.1) is 0 Å². The summed E-state index contributed by atoms with van der Waals surface area (Å²) in [4.78, 5) is 40.7. The maximum atomic E-state index is 14.1. The number of aliphatic carboxylic acids is 1. The van der Waals surface area contributed by atoms with Crippen LogP contribution >= 0.6 is 0 Å². The molecular weight excluding hydrogens is 1050 g/mol. The number of esters is 2. The minimum Gasteiger partial charge on any atom is -0.481 e. The number of carbonyl (C=O) groups excluding carboxylic acids is 2. The molecule has 0 radical (unpaired) electrons. The van der Waals surface area contributed by atoms with Crippen LogP contribution in [0.3, 0.4) is 0 Å². The van der Waals surface area contributed by atoms with E-state index in [9.17, 15) is 70.6 Å². The first-order valence-corrected chi connectivity index (χ1v) is 28.7. The van der Waals surface area contributed by atoms with E-state index in [-0.39, 0.29) is 24.9 Å². The number of aliphatic hydroxyl groups excluding tert-OH is 10. The van der Waals surface area contributed by atoms with Crippen molar-refractivity contribution in [3.63, 3.8) is 0 Å². The van der Waals surface area contributed by atoms with Crippen LogP contribution in [0.2, 0.25) is 0 Å². The number of rotatable bonds is 16. The third-order valence-electron chi connectivity index (χ3n) is 21.3. The van der Waals surface area contributed by atoms with Crippen molar-refractivity contribution in [2.45, 2.75) is 224 Å². The summed E-state index contributed by atoms with van der Waals surface area (Å²) in [6.07, 6.45) is -13.4. The molecule has 0 aromatic heterocycles. The first-order valence-electron chi connectivity index (χ1n) is 28.7. The first kappa shape index (κ1) is 63.0. The molecule has 5 aliphatic carbocycles. The number of fused-ring (bicyclic) bond motifs is 7. The van der Waals surface area contributed by atoms with Crippen molar-refractivity contribution in [3.05, 3.63) is 36.0 Å². The Morgan fingerprint density at radius 1 is 0.725 bits per heavy atom. The van der Waals surface area contributed by atoms with Gasteiger partial charge in [0, 0.05) is 29.7 Å². The van der Waals surface area contributed by atoms with Crippen molar-refractivity contribution in [2.24, 2.45) is 56.2 Å².